The van der Waals surface area contributed by atoms with Gasteiger partial charge in [0.15, 0.2) is 5.78 Å². The summed E-state index contributed by atoms with van der Waals surface area (Å²) in [6.45, 7) is 2.01. The van der Waals surface area contributed by atoms with Crippen molar-refractivity contribution in [2.45, 2.75) is 38.1 Å². The van der Waals surface area contributed by atoms with E-state index in [9.17, 15) is 4.79 Å². The maximum absolute atomic E-state index is 12.4. The number of imidazole rings is 1. The summed E-state index contributed by atoms with van der Waals surface area (Å²) < 4.78 is 7.54. The Kier molecular flexibility index (Phi) is 4.26. The lowest BCUT2D eigenvalue weighted by Crippen LogP contribution is -2.71. The first-order chi connectivity index (χ1) is 13.9. The summed E-state index contributed by atoms with van der Waals surface area (Å²) >= 11 is 12.1. The van der Waals surface area contributed by atoms with E-state index in [2.05, 4.69) is 15.3 Å². The highest BCUT2D eigenvalue weighted by Gasteiger charge is 2.68. The number of nitrogens with one attached hydrogen (secondary N) is 1. The molecular weight excluding hydrogens is 411 g/mol. The van der Waals surface area contributed by atoms with Crippen LogP contribution < -0.4 is 10.1 Å². The molecule has 0 aliphatic heterocycles. The molecule has 0 radical (unpaired) electrons. The molecule has 0 atom stereocenters. The third kappa shape index (κ3) is 3.34. The Hall–Kier alpha value is -2.31. The van der Waals surface area contributed by atoms with E-state index in [4.69, 9.17) is 27.9 Å². The van der Waals surface area contributed by atoms with E-state index in [1.807, 2.05) is 23.6 Å². The van der Waals surface area contributed by atoms with Gasteiger partial charge in [0.25, 0.3) is 0 Å². The third-order valence-corrected chi connectivity index (χ3v) is 6.59. The molecule has 0 unspecified atom stereocenters. The van der Waals surface area contributed by atoms with Gasteiger partial charge in [0.2, 0.25) is 5.95 Å². The number of benzene rings is 1. The van der Waals surface area contributed by atoms with Gasteiger partial charge in [-0.1, -0.05) is 23.2 Å². The number of Topliss-reactive ketones (excluding diaryl/α,β-unsaturated/α-hetero) is 1. The first-order valence-corrected chi connectivity index (χ1v) is 10.3. The summed E-state index contributed by atoms with van der Waals surface area (Å²) in [6.07, 6.45) is 7.00. The first kappa shape index (κ1) is 18.7. The van der Waals surface area contributed by atoms with Gasteiger partial charge in [0.1, 0.15) is 23.2 Å². The number of ketones is 1. The number of carbonyl (C=O) groups is 1. The fraction of sp³-hybridized carbons (Fsp3) is 0.381. The molecule has 3 fully saturated rings. The average molecular weight is 431 g/mol. The van der Waals surface area contributed by atoms with Gasteiger partial charge in [-0.05, 0) is 55.4 Å². The molecule has 150 valence electrons. The lowest BCUT2D eigenvalue weighted by molar-refractivity contribution is -0.147. The minimum atomic E-state index is 0.00328. The van der Waals surface area contributed by atoms with Crippen LogP contribution in [0.2, 0.25) is 10.2 Å². The van der Waals surface area contributed by atoms with Crippen molar-refractivity contribution >= 4 is 40.6 Å². The predicted octanol–water partition coefficient (Wildman–Crippen LogP) is 4.72. The topological polar surface area (TPSA) is 68.5 Å². The Morgan fingerprint density at radius 3 is 2.83 bits per heavy atom. The summed E-state index contributed by atoms with van der Waals surface area (Å²) in [7, 11) is 0. The second-order valence-corrected chi connectivity index (χ2v) is 9.20. The average Bonchev–Trinajstić information content (AvgIpc) is 3.08. The highest BCUT2D eigenvalue weighted by Crippen LogP contribution is 2.70. The molecule has 3 saturated carbocycles. The molecule has 2 bridgehead atoms. The summed E-state index contributed by atoms with van der Waals surface area (Å²) in [5.41, 5.74) is 1.79. The van der Waals surface area contributed by atoms with Gasteiger partial charge in [-0.3, -0.25) is 9.20 Å². The second-order valence-electron chi connectivity index (χ2n) is 8.41. The smallest absolute Gasteiger partial charge is 0.210 e. The van der Waals surface area contributed by atoms with Crippen molar-refractivity contribution in [1.29, 1.82) is 0 Å². The highest BCUT2D eigenvalue weighted by molar-refractivity contribution is 6.31. The van der Waals surface area contributed by atoms with Gasteiger partial charge in [-0.25, -0.2) is 9.97 Å². The van der Waals surface area contributed by atoms with Crippen LogP contribution in [0.15, 0.2) is 36.7 Å². The van der Waals surface area contributed by atoms with E-state index in [0.717, 1.165) is 30.5 Å². The molecule has 3 aliphatic rings. The van der Waals surface area contributed by atoms with Crippen molar-refractivity contribution in [1.82, 2.24) is 14.4 Å². The van der Waals surface area contributed by atoms with Gasteiger partial charge >= 0.3 is 0 Å². The molecule has 1 aromatic carbocycles. The van der Waals surface area contributed by atoms with Crippen molar-refractivity contribution < 1.29 is 9.53 Å². The van der Waals surface area contributed by atoms with Crippen molar-refractivity contribution in [3.63, 3.8) is 0 Å². The zero-order chi connectivity index (χ0) is 20.2. The van der Waals surface area contributed by atoms with E-state index in [0.29, 0.717) is 28.3 Å². The van der Waals surface area contributed by atoms with Gasteiger partial charge < -0.3 is 10.1 Å². The predicted molar refractivity (Wildman–Crippen MR) is 112 cm³/mol. The fourth-order valence-corrected chi connectivity index (χ4v) is 5.17. The molecule has 0 amide bonds. The van der Waals surface area contributed by atoms with Crippen LogP contribution in [0.4, 0.5) is 5.95 Å². The van der Waals surface area contributed by atoms with Crippen LogP contribution in [0.5, 0.6) is 5.75 Å². The normalized spacial score (nSPS) is 24.7. The number of ether oxygens (including phenoxy) is 1. The molecule has 6 rings (SSSR count). The third-order valence-electron chi connectivity index (χ3n) is 5.98. The number of rotatable bonds is 7. The summed E-state index contributed by atoms with van der Waals surface area (Å²) in [4.78, 5) is 21.1. The number of nitrogens with zero attached hydrogens (tertiary/aromatic N) is 3. The minimum absolute atomic E-state index is 0.00328. The van der Waals surface area contributed by atoms with E-state index in [-0.39, 0.29) is 23.3 Å². The standard InChI is InChI=1S/C21H20Cl2N4O2/c1-13-6-15(2-3-16(13)22)29-9-14(28)8-20-10-21(11-20,12-20)26-19-25-17(23)7-18-24-4-5-27(18)19/h2-7H,8-12H2,1H3,(H,25,26). The van der Waals surface area contributed by atoms with E-state index in [1.54, 1.807) is 24.4 Å². The van der Waals surface area contributed by atoms with Crippen LogP contribution in [0.25, 0.3) is 5.65 Å². The Morgan fingerprint density at radius 1 is 1.28 bits per heavy atom. The Labute approximate surface area is 178 Å². The van der Waals surface area contributed by atoms with Gasteiger partial charge in [0, 0.05) is 35.4 Å². The lowest BCUT2D eigenvalue weighted by atomic mass is 9.38. The van der Waals surface area contributed by atoms with E-state index in [1.165, 1.54) is 0 Å². The minimum Gasteiger partial charge on any atom is -0.486 e. The Balaban J connectivity index is 1.16. The van der Waals surface area contributed by atoms with Crippen molar-refractivity contribution in [2.75, 3.05) is 11.9 Å². The molecule has 8 heteroatoms. The number of fused-ring (bicyclic) bond motifs is 1. The first-order valence-electron chi connectivity index (χ1n) is 9.54. The second kappa shape index (κ2) is 6.61. The van der Waals surface area contributed by atoms with Crippen LogP contribution in [0.1, 0.15) is 31.2 Å². The lowest BCUT2D eigenvalue weighted by Gasteiger charge is -2.70. The van der Waals surface area contributed by atoms with Crippen molar-refractivity contribution in [3.8, 4) is 5.75 Å². The maximum Gasteiger partial charge on any atom is 0.210 e. The van der Waals surface area contributed by atoms with Gasteiger partial charge in [0.05, 0.1) is 0 Å². The Morgan fingerprint density at radius 2 is 2.07 bits per heavy atom. The maximum atomic E-state index is 12.4. The van der Waals surface area contributed by atoms with Crippen LogP contribution in [-0.4, -0.2) is 32.3 Å². The van der Waals surface area contributed by atoms with Gasteiger partial charge in [-0.2, -0.15) is 0 Å². The number of aromatic nitrogens is 3. The molecular formula is C21H20Cl2N4O2. The summed E-state index contributed by atoms with van der Waals surface area (Å²) in [6, 6.07) is 7.16. The molecule has 0 saturated heterocycles. The Bertz CT molecular complexity index is 1110. The largest absolute Gasteiger partial charge is 0.486 e. The summed E-state index contributed by atoms with van der Waals surface area (Å²) in [5.74, 6) is 1.50. The number of hydrogen-bond acceptors (Lipinski definition) is 5. The van der Waals surface area contributed by atoms with Crippen molar-refractivity contribution in [3.05, 3.63) is 52.4 Å². The molecule has 29 heavy (non-hydrogen) atoms. The van der Waals surface area contributed by atoms with Crippen LogP contribution in [0.3, 0.4) is 0 Å². The zero-order valence-corrected chi connectivity index (χ0v) is 17.4. The number of anilines is 1. The van der Waals surface area contributed by atoms with Gasteiger partial charge in [-0.15, -0.1) is 0 Å². The molecule has 3 aliphatic carbocycles. The molecule has 1 N–H and O–H groups in total. The zero-order valence-electron chi connectivity index (χ0n) is 15.9. The van der Waals surface area contributed by atoms with E-state index >= 15 is 0 Å². The number of carbonyl (C=O) groups excluding carboxylic acids is 1. The molecule has 3 aromatic rings. The van der Waals surface area contributed by atoms with Crippen molar-refractivity contribution in [2.24, 2.45) is 5.41 Å². The molecule has 0 spiro atoms. The van der Waals surface area contributed by atoms with Crippen LogP contribution >= 0.6 is 23.2 Å². The molecule has 6 nitrogen and oxygen atoms in total. The number of aryl methyl sites for hydroxylation is 1. The molecule has 2 heterocycles. The van der Waals surface area contributed by atoms with Crippen LogP contribution in [0, 0.1) is 12.3 Å². The van der Waals surface area contributed by atoms with Crippen LogP contribution in [-0.2, 0) is 4.79 Å². The fourth-order valence-electron chi connectivity index (χ4n) is 4.88. The summed E-state index contributed by atoms with van der Waals surface area (Å²) in [5, 5.41) is 4.64. The molecule has 2 aromatic heterocycles. The highest BCUT2D eigenvalue weighted by atomic mass is 35.5. The SMILES string of the molecule is Cc1cc(OCC(=O)CC23CC(Nc4nc(Cl)cc5nccn45)(C2)C3)ccc1Cl. The number of halogens is 2. The monoisotopic (exact) mass is 430 g/mol. The van der Waals surface area contributed by atoms with E-state index < -0.39 is 0 Å². The quantitative estimate of drug-likeness (QED) is 0.549. The number of hydrogen-bond donors (Lipinski definition) is 1.